The van der Waals surface area contributed by atoms with E-state index in [1.54, 1.807) is 24.5 Å². The molecule has 0 bridgehead atoms. The maximum Gasteiger partial charge on any atom is 0.194 e. The van der Waals surface area contributed by atoms with Crippen LogP contribution in [-0.2, 0) is 0 Å². The zero-order valence-corrected chi connectivity index (χ0v) is 12.9. The Kier molecular flexibility index (Phi) is 4.52. The minimum Gasteiger partial charge on any atom is -0.489 e. The average molecular weight is 367 g/mol. The van der Waals surface area contributed by atoms with E-state index in [0.717, 1.165) is 3.57 Å². The molecule has 3 nitrogen and oxygen atoms in total. The van der Waals surface area contributed by atoms with Gasteiger partial charge < -0.3 is 4.74 Å². The van der Waals surface area contributed by atoms with Crippen molar-refractivity contribution < 1.29 is 9.53 Å². The highest BCUT2D eigenvalue weighted by Gasteiger charge is 2.11. The lowest BCUT2D eigenvalue weighted by Crippen LogP contribution is -2.08. The summed E-state index contributed by atoms with van der Waals surface area (Å²) < 4.78 is 6.58. The first-order chi connectivity index (χ1) is 9.06. The number of carbonyl (C=O) groups excluding carboxylic acids is 1. The molecule has 0 saturated heterocycles. The highest BCUT2D eigenvalue weighted by molar-refractivity contribution is 14.1. The normalized spacial score (nSPS) is 10.5. The van der Waals surface area contributed by atoms with Crippen LogP contribution >= 0.6 is 22.6 Å². The van der Waals surface area contributed by atoms with Gasteiger partial charge in [-0.25, -0.2) is 0 Å². The molecule has 98 valence electrons. The molecular formula is C15H14INO2. The SMILES string of the molecule is CC(C)Oc1cncc(C(=O)c2cccc(I)c2)c1. The number of halogens is 1. The van der Waals surface area contributed by atoms with Crippen LogP contribution in [0.25, 0.3) is 0 Å². The van der Waals surface area contributed by atoms with Crippen LogP contribution < -0.4 is 4.74 Å². The Morgan fingerprint density at radius 1 is 1.21 bits per heavy atom. The van der Waals surface area contributed by atoms with E-state index in [-0.39, 0.29) is 11.9 Å². The van der Waals surface area contributed by atoms with E-state index in [0.29, 0.717) is 16.9 Å². The first kappa shape index (κ1) is 14.0. The fourth-order valence-electron chi connectivity index (χ4n) is 1.68. The number of aromatic nitrogens is 1. The molecule has 19 heavy (non-hydrogen) atoms. The Bertz CT molecular complexity index is 596. The molecule has 0 atom stereocenters. The number of hydrogen-bond acceptors (Lipinski definition) is 3. The molecular weight excluding hydrogens is 353 g/mol. The summed E-state index contributed by atoms with van der Waals surface area (Å²) in [7, 11) is 0. The second-order valence-corrected chi connectivity index (χ2v) is 5.66. The van der Waals surface area contributed by atoms with Crippen LogP contribution in [0.4, 0.5) is 0 Å². The van der Waals surface area contributed by atoms with E-state index in [2.05, 4.69) is 27.6 Å². The van der Waals surface area contributed by atoms with Crippen molar-refractivity contribution in [3.8, 4) is 5.75 Å². The van der Waals surface area contributed by atoms with Gasteiger partial charge in [-0.15, -0.1) is 0 Å². The summed E-state index contributed by atoms with van der Waals surface area (Å²) in [6.07, 6.45) is 3.24. The van der Waals surface area contributed by atoms with Gasteiger partial charge >= 0.3 is 0 Å². The van der Waals surface area contributed by atoms with Crippen LogP contribution in [0, 0.1) is 3.57 Å². The van der Waals surface area contributed by atoms with Crippen molar-refractivity contribution in [3.63, 3.8) is 0 Å². The molecule has 1 aromatic heterocycles. The van der Waals surface area contributed by atoms with E-state index in [4.69, 9.17) is 4.74 Å². The summed E-state index contributed by atoms with van der Waals surface area (Å²) in [6, 6.07) is 9.22. The van der Waals surface area contributed by atoms with E-state index < -0.39 is 0 Å². The smallest absolute Gasteiger partial charge is 0.194 e. The zero-order valence-electron chi connectivity index (χ0n) is 10.8. The number of benzene rings is 1. The minimum absolute atomic E-state index is 0.0415. The number of ketones is 1. The van der Waals surface area contributed by atoms with Gasteiger partial charge in [0, 0.05) is 20.9 Å². The van der Waals surface area contributed by atoms with Crippen LogP contribution in [0.1, 0.15) is 29.8 Å². The number of pyridine rings is 1. The molecule has 0 saturated carbocycles. The second kappa shape index (κ2) is 6.14. The van der Waals surface area contributed by atoms with E-state index >= 15 is 0 Å². The molecule has 1 aromatic carbocycles. The number of carbonyl (C=O) groups is 1. The number of nitrogens with zero attached hydrogens (tertiary/aromatic N) is 1. The van der Waals surface area contributed by atoms with E-state index in [1.807, 2.05) is 32.0 Å². The summed E-state index contributed by atoms with van der Waals surface area (Å²) in [5.41, 5.74) is 1.20. The maximum atomic E-state index is 12.3. The molecule has 0 aliphatic carbocycles. The van der Waals surface area contributed by atoms with Crippen molar-refractivity contribution in [2.24, 2.45) is 0 Å². The maximum absolute atomic E-state index is 12.3. The predicted molar refractivity (Wildman–Crippen MR) is 82.6 cm³/mol. The van der Waals surface area contributed by atoms with Gasteiger partial charge in [0.2, 0.25) is 0 Å². The Balaban J connectivity index is 2.29. The summed E-state index contributed by atoms with van der Waals surface area (Å²) >= 11 is 2.19. The Morgan fingerprint density at radius 2 is 2.00 bits per heavy atom. The van der Waals surface area contributed by atoms with Gasteiger partial charge in [0.1, 0.15) is 5.75 Å². The van der Waals surface area contributed by atoms with Crippen molar-refractivity contribution in [1.82, 2.24) is 4.98 Å². The van der Waals surface area contributed by atoms with Crippen molar-refractivity contribution in [1.29, 1.82) is 0 Å². The van der Waals surface area contributed by atoms with Crippen LogP contribution in [0.15, 0.2) is 42.7 Å². The Labute approximate surface area is 126 Å². The van der Waals surface area contributed by atoms with Gasteiger partial charge in [0.05, 0.1) is 12.3 Å². The fourth-order valence-corrected chi connectivity index (χ4v) is 2.22. The third-order valence-electron chi connectivity index (χ3n) is 2.43. The van der Waals surface area contributed by atoms with E-state index in [9.17, 15) is 4.79 Å². The van der Waals surface area contributed by atoms with Crippen molar-refractivity contribution >= 4 is 28.4 Å². The zero-order chi connectivity index (χ0) is 13.8. The molecule has 0 spiro atoms. The van der Waals surface area contributed by atoms with Gasteiger partial charge in [0.25, 0.3) is 0 Å². The lowest BCUT2D eigenvalue weighted by atomic mass is 10.1. The van der Waals surface area contributed by atoms with Gasteiger partial charge in [-0.3, -0.25) is 9.78 Å². The monoisotopic (exact) mass is 367 g/mol. The lowest BCUT2D eigenvalue weighted by Gasteiger charge is -2.10. The highest BCUT2D eigenvalue weighted by atomic mass is 127. The average Bonchev–Trinajstić information content (AvgIpc) is 2.37. The number of ether oxygens (including phenoxy) is 1. The second-order valence-electron chi connectivity index (χ2n) is 4.42. The van der Waals surface area contributed by atoms with Crippen LogP contribution in [0.3, 0.4) is 0 Å². The summed E-state index contributed by atoms with van der Waals surface area (Å²) in [4.78, 5) is 16.4. The van der Waals surface area contributed by atoms with Crippen molar-refractivity contribution in [3.05, 3.63) is 57.4 Å². The first-order valence-electron chi connectivity index (χ1n) is 5.98. The molecule has 0 aliphatic heterocycles. The molecule has 0 amide bonds. The Morgan fingerprint density at radius 3 is 2.68 bits per heavy atom. The van der Waals surface area contributed by atoms with E-state index in [1.165, 1.54) is 0 Å². The van der Waals surface area contributed by atoms with Gasteiger partial charge in [-0.2, -0.15) is 0 Å². The molecule has 2 rings (SSSR count). The summed E-state index contributed by atoms with van der Waals surface area (Å²) in [5, 5.41) is 0. The highest BCUT2D eigenvalue weighted by Crippen LogP contribution is 2.17. The van der Waals surface area contributed by atoms with Gasteiger partial charge in [-0.05, 0) is 54.6 Å². The summed E-state index contributed by atoms with van der Waals surface area (Å²) in [5.74, 6) is 0.576. The van der Waals surface area contributed by atoms with Gasteiger partial charge in [-0.1, -0.05) is 12.1 Å². The van der Waals surface area contributed by atoms with Crippen molar-refractivity contribution in [2.75, 3.05) is 0 Å². The quantitative estimate of drug-likeness (QED) is 0.611. The fraction of sp³-hybridized carbons (Fsp3) is 0.200. The molecule has 0 unspecified atom stereocenters. The Hall–Kier alpha value is -1.43. The molecule has 0 aliphatic rings. The molecule has 2 aromatic rings. The lowest BCUT2D eigenvalue weighted by molar-refractivity contribution is 0.103. The molecule has 0 radical (unpaired) electrons. The topological polar surface area (TPSA) is 39.2 Å². The van der Waals surface area contributed by atoms with Crippen molar-refractivity contribution in [2.45, 2.75) is 20.0 Å². The van der Waals surface area contributed by atoms with Gasteiger partial charge in [0.15, 0.2) is 5.78 Å². The largest absolute Gasteiger partial charge is 0.489 e. The predicted octanol–water partition coefficient (Wildman–Crippen LogP) is 3.70. The third kappa shape index (κ3) is 3.76. The molecule has 0 N–H and O–H groups in total. The minimum atomic E-state index is -0.0415. The third-order valence-corrected chi connectivity index (χ3v) is 3.10. The number of hydrogen-bond donors (Lipinski definition) is 0. The summed E-state index contributed by atoms with van der Waals surface area (Å²) in [6.45, 7) is 3.88. The standard InChI is InChI=1S/C15H14INO2/c1-10(2)19-14-7-12(8-17-9-14)15(18)11-4-3-5-13(16)6-11/h3-10H,1-2H3. The molecule has 0 fully saturated rings. The van der Waals surface area contributed by atoms with Crippen LogP contribution in [-0.4, -0.2) is 16.9 Å². The van der Waals surface area contributed by atoms with Crippen LogP contribution in [0.5, 0.6) is 5.75 Å². The molecule has 1 heterocycles. The first-order valence-corrected chi connectivity index (χ1v) is 7.06. The molecule has 4 heteroatoms. The number of rotatable bonds is 4. The van der Waals surface area contributed by atoms with Crippen LogP contribution in [0.2, 0.25) is 0 Å².